The molecule has 0 spiro atoms. The highest BCUT2D eigenvalue weighted by atomic mass is 35.5. The summed E-state index contributed by atoms with van der Waals surface area (Å²) in [5.41, 5.74) is 0. The number of sulfonamides is 1. The monoisotopic (exact) mass is 321 g/mol. The second-order valence-corrected chi connectivity index (χ2v) is 6.60. The highest BCUT2D eigenvalue weighted by Crippen LogP contribution is 2.29. The van der Waals surface area contributed by atoms with Gasteiger partial charge in [0.2, 0.25) is 10.0 Å². The van der Waals surface area contributed by atoms with E-state index < -0.39 is 28.6 Å². The predicted octanol–water partition coefficient (Wildman–Crippen LogP) is 1.83. The summed E-state index contributed by atoms with van der Waals surface area (Å²) in [4.78, 5) is 10.7. The van der Waals surface area contributed by atoms with E-state index in [9.17, 15) is 13.2 Å². The fourth-order valence-corrected chi connectivity index (χ4v) is 3.69. The van der Waals surface area contributed by atoms with Crippen LogP contribution in [0, 0.1) is 0 Å². The summed E-state index contributed by atoms with van der Waals surface area (Å²) in [7, 11) is -2.62. The summed E-state index contributed by atoms with van der Waals surface area (Å²) in [6.07, 6.45) is 0. The smallest absolute Gasteiger partial charge is 0.318 e. The molecule has 0 radical (unpaired) electrons. The van der Waals surface area contributed by atoms with Gasteiger partial charge in [-0.2, -0.15) is 4.31 Å². The van der Waals surface area contributed by atoms with Crippen molar-refractivity contribution in [1.82, 2.24) is 4.31 Å². The van der Waals surface area contributed by atoms with Gasteiger partial charge in [0.15, 0.2) is 0 Å². The van der Waals surface area contributed by atoms with Crippen LogP contribution in [0.4, 0.5) is 0 Å². The molecule has 0 amide bonds. The minimum absolute atomic E-state index is 0.0156. The van der Waals surface area contributed by atoms with Gasteiger partial charge in [-0.15, -0.1) is 0 Å². The van der Waals surface area contributed by atoms with E-state index in [0.29, 0.717) is 5.75 Å². The lowest BCUT2D eigenvalue weighted by atomic mass is 10.3. The molecule has 20 heavy (non-hydrogen) atoms. The average molecular weight is 322 g/mol. The molecule has 0 atom stereocenters. The zero-order chi connectivity index (χ0) is 15.5. The Morgan fingerprint density at radius 1 is 1.45 bits per heavy atom. The molecule has 8 heteroatoms. The van der Waals surface area contributed by atoms with Crippen LogP contribution in [-0.2, 0) is 14.8 Å². The van der Waals surface area contributed by atoms with Gasteiger partial charge < -0.3 is 9.84 Å². The summed E-state index contributed by atoms with van der Waals surface area (Å²) in [5.74, 6) is -0.909. The van der Waals surface area contributed by atoms with Gasteiger partial charge in [-0.3, -0.25) is 4.79 Å². The molecule has 0 aromatic heterocycles. The summed E-state index contributed by atoms with van der Waals surface area (Å²) >= 11 is 5.91. The van der Waals surface area contributed by atoms with Gasteiger partial charge in [-0.05, 0) is 26.0 Å². The van der Waals surface area contributed by atoms with E-state index in [1.807, 2.05) is 0 Å². The van der Waals surface area contributed by atoms with Crippen molar-refractivity contribution in [2.75, 3.05) is 13.7 Å². The number of carbonyl (C=O) groups is 1. The van der Waals surface area contributed by atoms with E-state index in [-0.39, 0.29) is 9.92 Å². The molecule has 0 aliphatic rings. The third-order valence-corrected chi connectivity index (χ3v) is 5.10. The number of nitrogens with zero attached hydrogens (tertiary/aromatic N) is 1. The fourth-order valence-electron chi connectivity index (χ4n) is 1.61. The molecule has 0 fully saturated rings. The molecule has 1 aromatic rings. The zero-order valence-electron chi connectivity index (χ0n) is 11.3. The Morgan fingerprint density at radius 2 is 2.05 bits per heavy atom. The molecule has 0 saturated heterocycles. The molecule has 0 saturated carbocycles. The molecule has 1 aromatic carbocycles. The predicted molar refractivity (Wildman–Crippen MR) is 74.7 cm³/mol. The summed E-state index contributed by atoms with van der Waals surface area (Å²) in [5, 5.41) is 8.86. The maximum absolute atomic E-state index is 12.5. The number of benzene rings is 1. The van der Waals surface area contributed by atoms with Crippen molar-refractivity contribution >= 4 is 27.6 Å². The van der Waals surface area contributed by atoms with Gasteiger partial charge in [0, 0.05) is 12.1 Å². The molecule has 0 heterocycles. The maximum atomic E-state index is 12.5. The highest BCUT2D eigenvalue weighted by molar-refractivity contribution is 7.89. The number of methoxy groups -OCH3 is 1. The Labute approximate surface area is 123 Å². The molecule has 0 bridgehead atoms. The number of carboxylic acid groups (broad SMARTS) is 1. The molecule has 0 aliphatic heterocycles. The van der Waals surface area contributed by atoms with Crippen LogP contribution in [0.5, 0.6) is 5.75 Å². The number of aliphatic carboxylic acids is 1. The van der Waals surface area contributed by atoms with Crippen LogP contribution in [-0.4, -0.2) is 43.5 Å². The molecule has 112 valence electrons. The topological polar surface area (TPSA) is 83.9 Å². The van der Waals surface area contributed by atoms with E-state index >= 15 is 0 Å². The minimum Gasteiger partial charge on any atom is -0.497 e. The lowest BCUT2D eigenvalue weighted by Gasteiger charge is -2.24. The molecular weight excluding hydrogens is 306 g/mol. The zero-order valence-corrected chi connectivity index (χ0v) is 12.9. The normalized spacial score (nSPS) is 11.9. The van der Waals surface area contributed by atoms with Crippen molar-refractivity contribution in [2.24, 2.45) is 0 Å². The molecule has 0 aliphatic carbocycles. The first-order valence-corrected chi connectivity index (χ1v) is 7.59. The molecule has 6 nitrogen and oxygen atoms in total. The fraction of sp³-hybridized carbons (Fsp3) is 0.417. The van der Waals surface area contributed by atoms with Crippen molar-refractivity contribution in [2.45, 2.75) is 24.8 Å². The van der Waals surface area contributed by atoms with E-state index in [0.717, 1.165) is 4.31 Å². The maximum Gasteiger partial charge on any atom is 0.318 e. The minimum atomic E-state index is -4.02. The van der Waals surface area contributed by atoms with E-state index in [2.05, 4.69) is 0 Å². The SMILES string of the molecule is COc1ccc(Cl)c(S(=O)(=O)N(CC(=O)O)C(C)C)c1. The second-order valence-electron chi connectivity index (χ2n) is 4.33. The number of hydrogen-bond acceptors (Lipinski definition) is 4. The van der Waals surface area contributed by atoms with Crippen LogP contribution < -0.4 is 4.74 Å². The molecular formula is C12H16ClNO5S. The average Bonchev–Trinajstić information content (AvgIpc) is 2.35. The third kappa shape index (κ3) is 3.62. The number of hydrogen-bond donors (Lipinski definition) is 1. The number of rotatable bonds is 6. The Kier molecular flexibility index (Phi) is 5.38. The Balaban J connectivity index is 3.36. The van der Waals surface area contributed by atoms with E-state index in [4.69, 9.17) is 21.4 Å². The first kappa shape index (κ1) is 16.7. The molecule has 1 N–H and O–H groups in total. The van der Waals surface area contributed by atoms with Crippen molar-refractivity contribution < 1.29 is 23.1 Å². The van der Waals surface area contributed by atoms with Crippen LogP contribution >= 0.6 is 11.6 Å². The van der Waals surface area contributed by atoms with Crippen LogP contribution in [0.2, 0.25) is 5.02 Å². The number of halogens is 1. The van der Waals surface area contributed by atoms with E-state index in [1.54, 1.807) is 13.8 Å². The van der Waals surface area contributed by atoms with Crippen molar-refractivity contribution in [1.29, 1.82) is 0 Å². The molecule has 0 unspecified atom stereocenters. The lowest BCUT2D eigenvalue weighted by molar-refractivity contribution is -0.137. The summed E-state index contributed by atoms with van der Waals surface area (Å²) in [6.45, 7) is 2.55. The second kappa shape index (κ2) is 6.43. The van der Waals surface area contributed by atoms with Crippen LogP contribution in [0.15, 0.2) is 23.1 Å². The quantitative estimate of drug-likeness (QED) is 0.864. The van der Waals surface area contributed by atoms with Crippen LogP contribution in [0.1, 0.15) is 13.8 Å². The van der Waals surface area contributed by atoms with Gasteiger partial charge in [0.1, 0.15) is 17.2 Å². The Hall–Kier alpha value is -1.31. The van der Waals surface area contributed by atoms with Crippen LogP contribution in [0.25, 0.3) is 0 Å². The first-order valence-electron chi connectivity index (χ1n) is 5.77. The van der Waals surface area contributed by atoms with Gasteiger partial charge in [-0.1, -0.05) is 11.6 Å². The van der Waals surface area contributed by atoms with Crippen LogP contribution in [0.3, 0.4) is 0 Å². The Bertz CT molecular complexity index is 600. The van der Waals surface area contributed by atoms with Gasteiger partial charge in [0.25, 0.3) is 0 Å². The van der Waals surface area contributed by atoms with Crippen molar-refractivity contribution in [3.05, 3.63) is 23.2 Å². The number of carboxylic acids is 1. The van der Waals surface area contributed by atoms with Crippen molar-refractivity contribution in [3.8, 4) is 5.75 Å². The summed E-state index contributed by atoms with van der Waals surface area (Å²) in [6, 6.07) is 3.68. The first-order chi connectivity index (χ1) is 9.20. The van der Waals surface area contributed by atoms with Crippen molar-refractivity contribution in [3.63, 3.8) is 0 Å². The van der Waals surface area contributed by atoms with E-state index in [1.165, 1.54) is 25.3 Å². The van der Waals surface area contributed by atoms with Gasteiger partial charge in [-0.25, -0.2) is 8.42 Å². The number of ether oxygens (including phenoxy) is 1. The van der Waals surface area contributed by atoms with Gasteiger partial charge >= 0.3 is 5.97 Å². The molecule has 1 rings (SSSR count). The third-order valence-electron chi connectivity index (χ3n) is 2.59. The standard InChI is InChI=1S/C12H16ClNO5S/c1-8(2)14(7-12(15)16)20(17,18)11-6-9(19-3)4-5-10(11)13/h4-6,8H,7H2,1-3H3,(H,15,16). The summed E-state index contributed by atoms with van der Waals surface area (Å²) < 4.78 is 30.9. The Morgan fingerprint density at radius 3 is 2.50 bits per heavy atom. The lowest BCUT2D eigenvalue weighted by Crippen LogP contribution is -2.40. The largest absolute Gasteiger partial charge is 0.497 e. The van der Waals surface area contributed by atoms with Gasteiger partial charge in [0.05, 0.1) is 12.1 Å². The highest BCUT2D eigenvalue weighted by Gasteiger charge is 2.31.